The second-order valence-electron chi connectivity index (χ2n) is 6.66. The van der Waals surface area contributed by atoms with Crippen molar-refractivity contribution in [3.8, 4) is 0 Å². The monoisotopic (exact) mass is 376 g/mol. The maximum atomic E-state index is 12.4. The predicted octanol–water partition coefficient (Wildman–Crippen LogP) is 2.38. The lowest BCUT2D eigenvalue weighted by Gasteiger charge is -2.42. The van der Waals surface area contributed by atoms with Crippen LogP contribution in [0.3, 0.4) is 0 Å². The average molecular weight is 376 g/mol. The molecular formula is C18H24N4O3S. The van der Waals surface area contributed by atoms with E-state index >= 15 is 0 Å². The molecule has 0 spiro atoms. The van der Waals surface area contributed by atoms with Crippen LogP contribution in [0.1, 0.15) is 24.8 Å². The third-order valence-electron chi connectivity index (χ3n) is 4.76. The Kier molecular flexibility index (Phi) is 5.73. The van der Waals surface area contributed by atoms with Gasteiger partial charge < -0.3 is 15.3 Å². The Hall–Kier alpha value is -2.19. The van der Waals surface area contributed by atoms with Crippen molar-refractivity contribution < 1.29 is 14.7 Å². The average Bonchev–Trinajstić information content (AvgIpc) is 2.97. The van der Waals surface area contributed by atoms with Gasteiger partial charge in [0.2, 0.25) is 0 Å². The molecule has 1 fully saturated rings. The fraction of sp³-hybridized carbons (Fsp3) is 0.500. The number of hydrogen-bond donors (Lipinski definition) is 2. The van der Waals surface area contributed by atoms with Crippen molar-refractivity contribution >= 4 is 33.6 Å². The number of carbonyl (C=O) groups is 2. The van der Waals surface area contributed by atoms with E-state index in [4.69, 9.17) is 5.11 Å². The van der Waals surface area contributed by atoms with Gasteiger partial charge in [0.1, 0.15) is 5.01 Å². The number of urea groups is 1. The third kappa shape index (κ3) is 4.31. The van der Waals surface area contributed by atoms with Crippen LogP contribution in [0.4, 0.5) is 4.79 Å². The van der Waals surface area contributed by atoms with Crippen molar-refractivity contribution in [2.45, 2.75) is 38.4 Å². The summed E-state index contributed by atoms with van der Waals surface area (Å²) in [7, 11) is 1.76. The zero-order valence-electron chi connectivity index (χ0n) is 15.0. The van der Waals surface area contributed by atoms with Gasteiger partial charge in [0.05, 0.1) is 23.3 Å². The van der Waals surface area contributed by atoms with Gasteiger partial charge >= 0.3 is 12.0 Å². The first-order chi connectivity index (χ1) is 12.5. The van der Waals surface area contributed by atoms with Crippen molar-refractivity contribution in [3.63, 3.8) is 0 Å². The number of hydrogen-bond acceptors (Lipinski definition) is 5. The van der Waals surface area contributed by atoms with E-state index < -0.39 is 5.97 Å². The number of likely N-dealkylation sites (N-methyl/N-ethyl adjacent to an activating group) is 1. The van der Waals surface area contributed by atoms with Gasteiger partial charge in [-0.05, 0) is 31.5 Å². The standard InChI is InChI=1S/C18H24N4O3S/c1-3-22(11-17(23)24)13-8-12(9-13)19-18(25)21(2)10-16-20-14-6-4-5-7-15(14)26-16/h4-7,12-13H,3,8-11H2,1-2H3,(H,19,25)(H,23,24). The first kappa shape index (κ1) is 18.6. The van der Waals surface area contributed by atoms with Crippen LogP contribution in [0.25, 0.3) is 10.2 Å². The van der Waals surface area contributed by atoms with Crippen molar-refractivity contribution in [1.29, 1.82) is 0 Å². The lowest BCUT2D eigenvalue weighted by molar-refractivity contribution is -0.139. The van der Waals surface area contributed by atoms with Gasteiger partial charge in [-0.25, -0.2) is 9.78 Å². The summed E-state index contributed by atoms with van der Waals surface area (Å²) in [6.45, 7) is 3.19. The molecule has 2 aromatic rings. The molecule has 1 aromatic heterocycles. The van der Waals surface area contributed by atoms with E-state index in [1.54, 1.807) is 23.3 Å². The van der Waals surface area contributed by atoms with E-state index in [9.17, 15) is 9.59 Å². The summed E-state index contributed by atoms with van der Waals surface area (Å²) in [4.78, 5) is 31.4. The van der Waals surface area contributed by atoms with E-state index in [1.807, 2.05) is 36.1 Å². The van der Waals surface area contributed by atoms with E-state index in [0.29, 0.717) is 13.1 Å². The molecule has 0 unspecified atom stereocenters. The molecule has 0 saturated heterocycles. The Morgan fingerprint density at radius 1 is 1.35 bits per heavy atom. The highest BCUT2D eigenvalue weighted by molar-refractivity contribution is 7.18. The molecule has 7 nitrogen and oxygen atoms in total. The molecule has 1 saturated carbocycles. The number of fused-ring (bicyclic) bond motifs is 1. The van der Waals surface area contributed by atoms with Gasteiger partial charge in [0.25, 0.3) is 0 Å². The van der Waals surface area contributed by atoms with Gasteiger partial charge in [-0.3, -0.25) is 9.69 Å². The number of rotatable bonds is 7. The van der Waals surface area contributed by atoms with Crippen LogP contribution in [-0.4, -0.2) is 64.1 Å². The van der Waals surface area contributed by atoms with Crippen molar-refractivity contribution in [3.05, 3.63) is 29.3 Å². The Labute approximate surface area is 156 Å². The first-order valence-corrected chi connectivity index (χ1v) is 9.59. The molecule has 140 valence electrons. The Bertz CT molecular complexity index is 755. The molecule has 8 heteroatoms. The number of thiazole rings is 1. The zero-order valence-corrected chi connectivity index (χ0v) is 15.8. The highest BCUT2D eigenvalue weighted by Gasteiger charge is 2.35. The van der Waals surface area contributed by atoms with Crippen LogP contribution < -0.4 is 5.32 Å². The minimum absolute atomic E-state index is 0.0549. The summed E-state index contributed by atoms with van der Waals surface area (Å²) < 4.78 is 1.12. The molecule has 1 aliphatic rings. The van der Waals surface area contributed by atoms with Crippen LogP contribution >= 0.6 is 11.3 Å². The van der Waals surface area contributed by atoms with Gasteiger partial charge in [-0.15, -0.1) is 11.3 Å². The molecule has 0 bridgehead atoms. The number of nitrogens with zero attached hydrogens (tertiary/aromatic N) is 3. The molecule has 0 radical (unpaired) electrons. The molecule has 3 rings (SSSR count). The van der Waals surface area contributed by atoms with Crippen LogP contribution in [0.15, 0.2) is 24.3 Å². The number of amides is 2. The second kappa shape index (κ2) is 8.01. The Morgan fingerprint density at radius 2 is 2.08 bits per heavy atom. The van der Waals surface area contributed by atoms with Gasteiger partial charge in [0, 0.05) is 19.1 Å². The van der Waals surface area contributed by atoms with Crippen LogP contribution in [0.5, 0.6) is 0 Å². The first-order valence-electron chi connectivity index (χ1n) is 8.78. The maximum absolute atomic E-state index is 12.4. The van der Waals surface area contributed by atoms with Gasteiger partial charge in [0.15, 0.2) is 0 Å². The number of aliphatic carboxylic acids is 1. The van der Waals surface area contributed by atoms with Crippen molar-refractivity contribution in [2.24, 2.45) is 0 Å². The van der Waals surface area contributed by atoms with Crippen LogP contribution in [-0.2, 0) is 11.3 Å². The Morgan fingerprint density at radius 3 is 2.73 bits per heavy atom. The van der Waals surface area contributed by atoms with E-state index in [2.05, 4.69) is 10.3 Å². The van der Waals surface area contributed by atoms with Gasteiger partial charge in [-0.2, -0.15) is 0 Å². The quantitative estimate of drug-likeness (QED) is 0.775. The third-order valence-corrected chi connectivity index (χ3v) is 5.78. The van der Waals surface area contributed by atoms with Crippen molar-refractivity contribution in [2.75, 3.05) is 20.1 Å². The number of para-hydroxylation sites is 1. The lowest BCUT2D eigenvalue weighted by Crippen LogP contribution is -2.56. The van der Waals surface area contributed by atoms with Crippen LogP contribution in [0, 0.1) is 0 Å². The SMILES string of the molecule is CCN(CC(=O)O)C1CC(NC(=O)N(C)Cc2nc3ccccc3s2)C1. The van der Waals surface area contributed by atoms with E-state index in [0.717, 1.165) is 28.1 Å². The number of nitrogens with one attached hydrogen (secondary N) is 1. The van der Waals surface area contributed by atoms with Crippen molar-refractivity contribution in [1.82, 2.24) is 20.1 Å². The highest BCUT2D eigenvalue weighted by atomic mass is 32.1. The number of carbonyl (C=O) groups excluding carboxylic acids is 1. The summed E-state index contributed by atoms with van der Waals surface area (Å²) in [6.07, 6.45) is 1.59. The van der Waals surface area contributed by atoms with E-state index in [1.165, 1.54) is 0 Å². The largest absolute Gasteiger partial charge is 0.480 e. The topological polar surface area (TPSA) is 85.8 Å². The molecule has 1 aromatic carbocycles. The summed E-state index contributed by atoms with van der Waals surface area (Å²) in [5.41, 5.74) is 0.959. The second-order valence-corrected chi connectivity index (χ2v) is 7.78. The zero-order chi connectivity index (χ0) is 18.7. The molecule has 0 atom stereocenters. The molecule has 2 amide bonds. The van der Waals surface area contributed by atoms with Crippen LogP contribution in [0.2, 0.25) is 0 Å². The number of aromatic nitrogens is 1. The summed E-state index contributed by atoms with van der Waals surface area (Å²) in [5.74, 6) is -0.810. The fourth-order valence-corrected chi connectivity index (χ4v) is 4.24. The molecule has 0 aliphatic heterocycles. The number of benzene rings is 1. The summed E-state index contributed by atoms with van der Waals surface area (Å²) in [5, 5.41) is 12.9. The normalized spacial score (nSPS) is 19.3. The lowest BCUT2D eigenvalue weighted by atomic mass is 9.85. The molecule has 1 aliphatic carbocycles. The maximum Gasteiger partial charge on any atom is 0.317 e. The molecule has 26 heavy (non-hydrogen) atoms. The molecule has 2 N–H and O–H groups in total. The smallest absolute Gasteiger partial charge is 0.317 e. The fourth-order valence-electron chi connectivity index (χ4n) is 3.22. The minimum atomic E-state index is -0.810. The number of carboxylic acid groups (broad SMARTS) is 1. The minimum Gasteiger partial charge on any atom is -0.480 e. The summed E-state index contributed by atoms with van der Waals surface area (Å²) in [6, 6.07) is 8.16. The Balaban J connectivity index is 1.47. The predicted molar refractivity (Wildman–Crippen MR) is 101 cm³/mol. The van der Waals surface area contributed by atoms with E-state index in [-0.39, 0.29) is 24.7 Å². The summed E-state index contributed by atoms with van der Waals surface area (Å²) >= 11 is 1.60. The highest BCUT2D eigenvalue weighted by Crippen LogP contribution is 2.26. The number of carboxylic acids is 1. The molecule has 1 heterocycles. The van der Waals surface area contributed by atoms with Gasteiger partial charge in [-0.1, -0.05) is 19.1 Å². The molecular weight excluding hydrogens is 352 g/mol.